The van der Waals surface area contributed by atoms with Crippen molar-refractivity contribution < 1.29 is 8.42 Å². The number of benzene rings is 2. The van der Waals surface area contributed by atoms with Crippen LogP contribution in [-0.4, -0.2) is 22.1 Å². The second-order valence-electron chi connectivity index (χ2n) is 4.48. The molecular weight excluding hydrogens is 340 g/mol. The Morgan fingerprint density at radius 2 is 1.77 bits per heavy atom. The molecule has 9 heteroatoms. The van der Waals surface area contributed by atoms with Crippen LogP contribution in [0.1, 0.15) is 0 Å². The number of hydrogen-bond donors (Lipinski definition) is 1. The van der Waals surface area contributed by atoms with E-state index in [1.807, 2.05) is 24.3 Å². The lowest BCUT2D eigenvalue weighted by atomic mass is 10.3. The van der Waals surface area contributed by atoms with Crippen molar-refractivity contribution in [3.05, 3.63) is 42.5 Å². The van der Waals surface area contributed by atoms with Gasteiger partial charge >= 0.3 is 0 Å². The van der Waals surface area contributed by atoms with Gasteiger partial charge in [0.1, 0.15) is 15.9 Å². The van der Waals surface area contributed by atoms with Crippen LogP contribution in [-0.2, 0) is 10.0 Å². The number of anilines is 1. The number of fused-ring (bicyclic) bond motifs is 2. The number of hydrogen-bond acceptors (Lipinski definition) is 7. The first-order valence-corrected chi connectivity index (χ1v) is 9.26. The fourth-order valence-electron chi connectivity index (χ4n) is 2.08. The molecule has 0 aliphatic rings. The highest BCUT2D eigenvalue weighted by Crippen LogP contribution is 2.29. The maximum atomic E-state index is 12.6. The molecule has 0 radical (unpaired) electrons. The van der Waals surface area contributed by atoms with Crippen molar-refractivity contribution in [2.45, 2.75) is 4.90 Å². The van der Waals surface area contributed by atoms with Crippen LogP contribution in [0.25, 0.3) is 21.3 Å². The van der Waals surface area contributed by atoms with Crippen molar-refractivity contribution in [3.8, 4) is 0 Å². The standard InChI is InChI=1S/C13H8N4O2S3/c18-22(19,11-7-3-5-9-12(11)16-21-15-9)17-13-14-8-4-1-2-6-10(8)20-13/h1-7H,(H,14,17). The van der Waals surface area contributed by atoms with Crippen LogP contribution >= 0.6 is 23.1 Å². The number of aromatic nitrogens is 3. The van der Waals surface area contributed by atoms with Crippen LogP contribution in [0.4, 0.5) is 5.13 Å². The Morgan fingerprint density at radius 1 is 0.955 bits per heavy atom. The molecule has 2 aromatic carbocycles. The summed E-state index contributed by atoms with van der Waals surface area (Å²) in [6, 6.07) is 12.4. The Kier molecular flexibility index (Phi) is 3.06. The Labute approximate surface area is 133 Å². The molecule has 2 heterocycles. The van der Waals surface area contributed by atoms with Gasteiger partial charge in [0.25, 0.3) is 10.0 Å². The van der Waals surface area contributed by atoms with Crippen molar-refractivity contribution in [2.75, 3.05) is 4.72 Å². The molecule has 0 saturated heterocycles. The van der Waals surface area contributed by atoms with Gasteiger partial charge in [0.05, 0.1) is 21.9 Å². The second kappa shape index (κ2) is 4.97. The molecule has 0 aliphatic carbocycles. The lowest BCUT2D eigenvalue weighted by molar-refractivity contribution is 0.602. The van der Waals surface area contributed by atoms with E-state index in [1.165, 1.54) is 17.4 Å². The largest absolute Gasteiger partial charge is 0.265 e. The zero-order chi connectivity index (χ0) is 15.2. The minimum atomic E-state index is -3.76. The van der Waals surface area contributed by atoms with Gasteiger partial charge in [0, 0.05) is 0 Å². The number of thiazole rings is 1. The van der Waals surface area contributed by atoms with Gasteiger partial charge in [-0.25, -0.2) is 13.4 Å². The molecule has 1 N–H and O–H groups in total. The van der Waals surface area contributed by atoms with Crippen molar-refractivity contribution >= 4 is 59.5 Å². The van der Waals surface area contributed by atoms with Gasteiger partial charge in [-0.1, -0.05) is 29.5 Å². The fourth-order valence-corrected chi connectivity index (χ4v) is 4.95. The minimum absolute atomic E-state index is 0.109. The van der Waals surface area contributed by atoms with Crippen LogP contribution in [0, 0.1) is 0 Å². The molecule has 0 amide bonds. The van der Waals surface area contributed by atoms with E-state index in [4.69, 9.17) is 0 Å². The highest BCUT2D eigenvalue weighted by atomic mass is 32.2. The third kappa shape index (κ3) is 2.23. The first kappa shape index (κ1) is 13.6. The van der Waals surface area contributed by atoms with E-state index in [1.54, 1.807) is 12.1 Å². The molecule has 6 nitrogen and oxygen atoms in total. The molecule has 22 heavy (non-hydrogen) atoms. The van der Waals surface area contributed by atoms with Crippen molar-refractivity contribution in [2.24, 2.45) is 0 Å². The van der Waals surface area contributed by atoms with Gasteiger partial charge in [0.2, 0.25) is 0 Å². The Bertz CT molecular complexity index is 1050. The molecule has 4 aromatic rings. The molecule has 110 valence electrons. The summed E-state index contributed by atoms with van der Waals surface area (Å²) in [5, 5.41) is 0.335. The summed E-state index contributed by atoms with van der Waals surface area (Å²) in [7, 11) is -3.76. The number of nitrogens with zero attached hydrogens (tertiary/aromatic N) is 3. The lowest BCUT2D eigenvalue weighted by Crippen LogP contribution is -2.13. The normalized spacial score (nSPS) is 12.0. The van der Waals surface area contributed by atoms with Gasteiger partial charge in [-0.2, -0.15) is 8.75 Å². The first-order chi connectivity index (χ1) is 10.6. The molecule has 4 rings (SSSR count). The second-order valence-corrected chi connectivity index (χ2v) is 7.69. The van der Waals surface area contributed by atoms with Crippen LogP contribution in [0.3, 0.4) is 0 Å². The Morgan fingerprint density at radius 3 is 2.64 bits per heavy atom. The maximum absolute atomic E-state index is 12.6. The summed E-state index contributed by atoms with van der Waals surface area (Å²) in [4.78, 5) is 4.40. The predicted octanol–water partition coefficient (Wildman–Crippen LogP) is 3.10. The molecule has 2 aromatic heterocycles. The molecule has 0 saturated carbocycles. The van der Waals surface area contributed by atoms with E-state index in [9.17, 15) is 8.42 Å². The third-order valence-corrected chi connectivity index (χ3v) is 6.05. The van der Waals surface area contributed by atoms with Crippen molar-refractivity contribution in [1.82, 2.24) is 13.7 Å². The number of para-hydroxylation sites is 1. The predicted molar refractivity (Wildman–Crippen MR) is 87.8 cm³/mol. The summed E-state index contributed by atoms with van der Waals surface area (Å²) in [5.41, 5.74) is 1.71. The fraction of sp³-hybridized carbons (Fsp3) is 0. The molecule has 0 fully saturated rings. The maximum Gasteiger partial charge on any atom is 0.265 e. The number of nitrogens with one attached hydrogen (secondary N) is 1. The van der Waals surface area contributed by atoms with Crippen molar-refractivity contribution in [3.63, 3.8) is 0 Å². The molecule has 0 spiro atoms. The highest BCUT2D eigenvalue weighted by Gasteiger charge is 2.21. The minimum Gasteiger partial charge on any atom is -0.255 e. The van der Waals surface area contributed by atoms with Gasteiger partial charge < -0.3 is 0 Å². The Hall–Kier alpha value is -2.10. The highest BCUT2D eigenvalue weighted by molar-refractivity contribution is 7.93. The summed E-state index contributed by atoms with van der Waals surface area (Å²) >= 11 is 2.28. The van der Waals surface area contributed by atoms with E-state index >= 15 is 0 Å². The summed E-state index contributed by atoms with van der Waals surface area (Å²) in [6.45, 7) is 0. The molecule has 0 unspecified atom stereocenters. The van der Waals surface area contributed by atoms with Gasteiger partial charge in [0.15, 0.2) is 5.13 Å². The first-order valence-electron chi connectivity index (χ1n) is 6.23. The van der Waals surface area contributed by atoms with E-state index in [0.717, 1.165) is 21.9 Å². The quantitative estimate of drug-likeness (QED) is 0.615. The van der Waals surface area contributed by atoms with Crippen LogP contribution in [0.5, 0.6) is 0 Å². The zero-order valence-electron chi connectivity index (χ0n) is 10.9. The van der Waals surface area contributed by atoms with Gasteiger partial charge in [-0.05, 0) is 24.3 Å². The SMILES string of the molecule is O=S(=O)(Nc1nc2ccccc2s1)c1cccc2nsnc12. The van der Waals surface area contributed by atoms with E-state index in [0.29, 0.717) is 16.2 Å². The number of rotatable bonds is 3. The van der Waals surface area contributed by atoms with E-state index in [2.05, 4.69) is 18.5 Å². The van der Waals surface area contributed by atoms with Crippen LogP contribution in [0.2, 0.25) is 0 Å². The van der Waals surface area contributed by atoms with Crippen molar-refractivity contribution in [1.29, 1.82) is 0 Å². The lowest BCUT2D eigenvalue weighted by Gasteiger charge is -2.04. The van der Waals surface area contributed by atoms with Gasteiger partial charge in [-0.3, -0.25) is 4.72 Å². The van der Waals surface area contributed by atoms with Crippen LogP contribution < -0.4 is 4.72 Å². The monoisotopic (exact) mass is 348 g/mol. The molecular formula is C13H8N4O2S3. The smallest absolute Gasteiger partial charge is 0.255 e. The molecule has 0 bridgehead atoms. The third-order valence-electron chi connectivity index (χ3n) is 3.05. The summed E-state index contributed by atoms with van der Waals surface area (Å²) in [6.07, 6.45) is 0. The number of sulfonamides is 1. The molecule has 0 atom stereocenters. The van der Waals surface area contributed by atoms with E-state index < -0.39 is 10.0 Å². The summed E-state index contributed by atoms with van der Waals surface area (Å²) in [5.74, 6) is 0. The molecule has 0 aliphatic heterocycles. The summed E-state index contributed by atoms with van der Waals surface area (Å²) < 4.78 is 36.7. The zero-order valence-corrected chi connectivity index (χ0v) is 13.4. The Balaban J connectivity index is 1.79. The topological polar surface area (TPSA) is 84.8 Å². The van der Waals surface area contributed by atoms with E-state index in [-0.39, 0.29) is 4.90 Å². The van der Waals surface area contributed by atoms with Crippen LogP contribution in [0.15, 0.2) is 47.4 Å². The van der Waals surface area contributed by atoms with Gasteiger partial charge in [-0.15, -0.1) is 0 Å². The average molecular weight is 348 g/mol. The average Bonchev–Trinajstić information content (AvgIpc) is 3.11.